The molecule has 0 heterocycles. The SMILES string of the molecule is CCCCC#CCCCCCCCCCC[C](C)C. The summed E-state index contributed by atoms with van der Waals surface area (Å²) in [5, 5.41) is 0. The fourth-order valence-electron chi connectivity index (χ4n) is 2.19. The van der Waals surface area contributed by atoms with Gasteiger partial charge >= 0.3 is 0 Å². The van der Waals surface area contributed by atoms with Gasteiger partial charge in [-0.1, -0.05) is 72.1 Å². The van der Waals surface area contributed by atoms with E-state index in [1.165, 1.54) is 70.6 Å². The lowest BCUT2D eigenvalue weighted by molar-refractivity contribution is 0.563. The zero-order chi connectivity index (χ0) is 14.2. The highest BCUT2D eigenvalue weighted by atomic mass is 14.0. The van der Waals surface area contributed by atoms with Gasteiger partial charge in [-0.05, 0) is 25.2 Å². The third kappa shape index (κ3) is 17.6. The second-order valence-electron chi connectivity index (χ2n) is 5.99. The fraction of sp³-hybridized carbons (Fsp3) is 0.842. The van der Waals surface area contributed by atoms with Crippen LogP contribution in [0.4, 0.5) is 0 Å². The van der Waals surface area contributed by atoms with Crippen molar-refractivity contribution in [3.63, 3.8) is 0 Å². The molecule has 0 fully saturated rings. The first kappa shape index (κ1) is 18.6. The molecule has 0 amide bonds. The van der Waals surface area contributed by atoms with Crippen LogP contribution in [0.2, 0.25) is 0 Å². The zero-order valence-corrected chi connectivity index (χ0v) is 13.7. The maximum Gasteiger partial charge on any atom is 0.00886 e. The van der Waals surface area contributed by atoms with E-state index in [1.807, 2.05) is 0 Å². The summed E-state index contributed by atoms with van der Waals surface area (Å²) in [6.45, 7) is 6.71. The Morgan fingerprint density at radius 1 is 0.632 bits per heavy atom. The third-order valence-corrected chi connectivity index (χ3v) is 3.51. The molecule has 1 radical (unpaired) electrons. The van der Waals surface area contributed by atoms with Crippen LogP contribution in [0.1, 0.15) is 104 Å². The molecule has 0 aromatic carbocycles. The zero-order valence-electron chi connectivity index (χ0n) is 13.7. The minimum Gasteiger partial charge on any atom is -0.103 e. The van der Waals surface area contributed by atoms with Gasteiger partial charge < -0.3 is 0 Å². The van der Waals surface area contributed by atoms with Gasteiger partial charge in [0.05, 0.1) is 0 Å². The molecule has 0 spiro atoms. The molecule has 0 rings (SSSR count). The summed E-state index contributed by atoms with van der Waals surface area (Å²) in [6, 6.07) is 0. The molecule has 0 aliphatic heterocycles. The van der Waals surface area contributed by atoms with Crippen LogP contribution in [-0.2, 0) is 0 Å². The van der Waals surface area contributed by atoms with Crippen molar-refractivity contribution in [2.75, 3.05) is 0 Å². The first-order chi connectivity index (χ1) is 9.27. The van der Waals surface area contributed by atoms with E-state index in [4.69, 9.17) is 0 Å². The molecule has 0 unspecified atom stereocenters. The van der Waals surface area contributed by atoms with Gasteiger partial charge in [-0.15, -0.1) is 11.8 Å². The largest absolute Gasteiger partial charge is 0.103 e. The van der Waals surface area contributed by atoms with Crippen molar-refractivity contribution in [3.8, 4) is 11.8 Å². The van der Waals surface area contributed by atoms with Gasteiger partial charge in [0, 0.05) is 12.8 Å². The summed E-state index contributed by atoms with van der Waals surface area (Å²) in [5.41, 5.74) is 0. The van der Waals surface area contributed by atoms with E-state index >= 15 is 0 Å². The van der Waals surface area contributed by atoms with E-state index in [0.717, 1.165) is 12.8 Å². The molecule has 0 nitrogen and oxygen atoms in total. The number of hydrogen-bond acceptors (Lipinski definition) is 0. The molecule has 0 aromatic rings. The molecular weight excluding hydrogens is 228 g/mol. The first-order valence-electron chi connectivity index (χ1n) is 8.52. The average molecular weight is 263 g/mol. The third-order valence-electron chi connectivity index (χ3n) is 3.51. The van der Waals surface area contributed by atoms with Crippen molar-refractivity contribution >= 4 is 0 Å². The molecule has 0 heteroatoms. The standard InChI is InChI=1S/C19H35/c1-4-5-6-7-8-9-10-11-12-13-14-15-16-17-18-19(2)3/h4-6,9-18H2,1-3H3. The molecule has 0 aliphatic carbocycles. The highest BCUT2D eigenvalue weighted by Gasteiger charge is 1.95. The molecule has 19 heavy (non-hydrogen) atoms. The number of hydrogen-bond donors (Lipinski definition) is 0. The summed E-state index contributed by atoms with van der Waals surface area (Å²) in [6.07, 6.45) is 17.3. The topological polar surface area (TPSA) is 0 Å². The van der Waals surface area contributed by atoms with Gasteiger partial charge in [-0.25, -0.2) is 0 Å². The average Bonchev–Trinajstić information content (AvgIpc) is 2.39. The van der Waals surface area contributed by atoms with Crippen molar-refractivity contribution < 1.29 is 0 Å². The smallest absolute Gasteiger partial charge is 0.00886 e. The maximum absolute atomic E-state index is 3.30. The van der Waals surface area contributed by atoms with Crippen molar-refractivity contribution in [3.05, 3.63) is 5.92 Å². The van der Waals surface area contributed by atoms with Gasteiger partial charge in [-0.2, -0.15) is 0 Å². The highest BCUT2D eigenvalue weighted by Crippen LogP contribution is 2.13. The summed E-state index contributed by atoms with van der Waals surface area (Å²) in [5.74, 6) is 8.15. The van der Waals surface area contributed by atoms with Crippen molar-refractivity contribution in [1.29, 1.82) is 0 Å². The van der Waals surface area contributed by atoms with Crippen molar-refractivity contribution in [2.24, 2.45) is 0 Å². The van der Waals surface area contributed by atoms with E-state index in [-0.39, 0.29) is 0 Å². The molecule has 0 N–H and O–H groups in total. The Kier molecular flexibility index (Phi) is 15.3. The summed E-state index contributed by atoms with van der Waals surface area (Å²) in [4.78, 5) is 0. The summed E-state index contributed by atoms with van der Waals surface area (Å²) < 4.78 is 0. The molecule has 0 atom stereocenters. The lowest BCUT2D eigenvalue weighted by Crippen LogP contribution is -1.85. The number of unbranched alkanes of at least 4 members (excludes halogenated alkanes) is 10. The van der Waals surface area contributed by atoms with Crippen LogP contribution >= 0.6 is 0 Å². The predicted octanol–water partition coefficient (Wildman–Crippen LogP) is 6.70. The first-order valence-corrected chi connectivity index (χ1v) is 8.52. The van der Waals surface area contributed by atoms with Gasteiger partial charge in [0.2, 0.25) is 0 Å². The number of rotatable bonds is 12. The van der Waals surface area contributed by atoms with Crippen LogP contribution in [0, 0.1) is 17.8 Å². The molecule has 0 saturated carbocycles. The van der Waals surface area contributed by atoms with E-state index < -0.39 is 0 Å². The van der Waals surface area contributed by atoms with Gasteiger partial charge in [0.25, 0.3) is 0 Å². The Morgan fingerprint density at radius 3 is 1.63 bits per heavy atom. The fourth-order valence-corrected chi connectivity index (χ4v) is 2.19. The molecule has 0 aromatic heterocycles. The predicted molar refractivity (Wildman–Crippen MR) is 88.1 cm³/mol. The Hall–Kier alpha value is -0.440. The minimum absolute atomic E-state index is 1.10. The van der Waals surface area contributed by atoms with Gasteiger partial charge in [-0.3, -0.25) is 0 Å². The monoisotopic (exact) mass is 263 g/mol. The second kappa shape index (κ2) is 15.6. The van der Waals surface area contributed by atoms with Crippen LogP contribution in [0.15, 0.2) is 0 Å². The van der Waals surface area contributed by atoms with Crippen LogP contribution in [0.5, 0.6) is 0 Å². The normalized spacial score (nSPS) is 10.5. The minimum atomic E-state index is 1.10. The second-order valence-corrected chi connectivity index (χ2v) is 5.99. The Labute approximate surface area is 122 Å². The van der Waals surface area contributed by atoms with Crippen molar-refractivity contribution in [1.82, 2.24) is 0 Å². The lowest BCUT2D eigenvalue weighted by Gasteiger charge is -2.03. The lowest BCUT2D eigenvalue weighted by atomic mass is 10.0. The Morgan fingerprint density at radius 2 is 1.11 bits per heavy atom. The highest BCUT2D eigenvalue weighted by molar-refractivity contribution is 4.98. The van der Waals surface area contributed by atoms with Gasteiger partial charge in [0.1, 0.15) is 0 Å². The maximum atomic E-state index is 3.30. The molecular formula is C19H35. The summed E-state index contributed by atoms with van der Waals surface area (Å²) >= 11 is 0. The van der Waals surface area contributed by atoms with E-state index in [2.05, 4.69) is 32.6 Å². The Bertz CT molecular complexity index is 216. The van der Waals surface area contributed by atoms with Crippen LogP contribution in [-0.4, -0.2) is 0 Å². The molecule has 0 bridgehead atoms. The van der Waals surface area contributed by atoms with Gasteiger partial charge in [0.15, 0.2) is 0 Å². The van der Waals surface area contributed by atoms with Crippen LogP contribution < -0.4 is 0 Å². The van der Waals surface area contributed by atoms with Crippen LogP contribution in [0.3, 0.4) is 0 Å². The van der Waals surface area contributed by atoms with E-state index in [0.29, 0.717) is 0 Å². The Balaban J connectivity index is 3.04. The molecule has 0 saturated heterocycles. The van der Waals surface area contributed by atoms with Crippen LogP contribution in [0.25, 0.3) is 0 Å². The van der Waals surface area contributed by atoms with E-state index in [1.54, 1.807) is 5.92 Å². The molecule has 0 aliphatic rings. The summed E-state index contributed by atoms with van der Waals surface area (Å²) in [7, 11) is 0. The molecule has 111 valence electrons. The van der Waals surface area contributed by atoms with Crippen molar-refractivity contribution in [2.45, 2.75) is 104 Å². The quantitative estimate of drug-likeness (QED) is 0.271. The van der Waals surface area contributed by atoms with E-state index in [9.17, 15) is 0 Å².